The molecule has 0 saturated carbocycles. The monoisotopic (exact) mass is 325 g/mol. The number of hydrogen-bond donors (Lipinski definition) is 1. The van der Waals surface area contributed by atoms with Gasteiger partial charge in [-0.05, 0) is 20.3 Å². The first kappa shape index (κ1) is 16.4. The highest BCUT2D eigenvalue weighted by atomic mass is 32.1. The number of likely N-dealkylation sites (N-methyl/N-ethyl adjacent to an activating group) is 1. The Morgan fingerprint density at radius 2 is 2.32 bits per heavy atom. The van der Waals surface area contributed by atoms with Crippen molar-refractivity contribution >= 4 is 34.3 Å². The molecule has 2 amide bonds. The molecular weight excluding hydrogens is 306 g/mol. The molecule has 2 rings (SSSR count). The second-order valence-electron chi connectivity index (χ2n) is 4.97. The van der Waals surface area contributed by atoms with Crippen LogP contribution in [-0.2, 0) is 25.5 Å². The largest absolute Gasteiger partial charge is 0.452 e. The second-order valence-corrected chi connectivity index (χ2v) is 5.81. The van der Waals surface area contributed by atoms with Crippen molar-refractivity contribution in [3.63, 3.8) is 0 Å². The van der Waals surface area contributed by atoms with E-state index in [9.17, 15) is 14.4 Å². The quantitative estimate of drug-likeness (QED) is 0.784. The van der Waals surface area contributed by atoms with Crippen molar-refractivity contribution in [1.29, 1.82) is 0 Å². The van der Waals surface area contributed by atoms with E-state index in [-0.39, 0.29) is 18.2 Å². The first-order chi connectivity index (χ1) is 10.5. The Bertz CT molecular complexity index is 572. The fourth-order valence-electron chi connectivity index (χ4n) is 2.11. The average Bonchev–Trinajstić information content (AvgIpc) is 3.07. The molecular formula is C14H19N3O4S. The van der Waals surface area contributed by atoms with Gasteiger partial charge in [-0.3, -0.25) is 19.3 Å². The maximum Gasteiger partial charge on any atom is 0.312 e. The van der Waals surface area contributed by atoms with Crippen LogP contribution in [0, 0.1) is 0 Å². The lowest BCUT2D eigenvalue weighted by molar-refractivity contribution is -0.154. The van der Waals surface area contributed by atoms with E-state index in [2.05, 4.69) is 10.3 Å². The summed E-state index contributed by atoms with van der Waals surface area (Å²) in [6.07, 6.45) is 0.536. The number of amides is 2. The van der Waals surface area contributed by atoms with Gasteiger partial charge < -0.3 is 10.1 Å². The fraction of sp³-hybridized carbons (Fsp3) is 0.571. The SMILES string of the molecule is CCNC(=O)[C@H](C)OC(=O)Cc1csc(N2CCCC2=O)n1. The average molecular weight is 325 g/mol. The van der Waals surface area contributed by atoms with Gasteiger partial charge >= 0.3 is 5.97 Å². The molecule has 0 unspecified atom stereocenters. The van der Waals surface area contributed by atoms with E-state index in [1.54, 1.807) is 17.2 Å². The molecule has 1 atom stereocenters. The molecule has 1 aliphatic rings. The number of carbonyl (C=O) groups is 3. The number of anilines is 1. The van der Waals surface area contributed by atoms with Crippen molar-refractivity contribution in [2.45, 2.75) is 39.2 Å². The number of nitrogens with zero attached hydrogens (tertiary/aromatic N) is 2. The third-order valence-electron chi connectivity index (χ3n) is 3.20. The number of hydrogen-bond acceptors (Lipinski definition) is 6. The number of ether oxygens (including phenoxy) is 1. The third-order valence-corrected chi connectivity index (χ3v) is 4.11. The summed E-state index contributed by atoms with van der Waals surface area (Å²) in [5.41, 5.74) is 0.549. The number of thiazole rings is 1. The third kappa shape index (κ3) is 4.03. The van der Waals surface area contributed by atoms with E-state index in [4.69, 9.17) is 4.74 Å². The molecule has 1 aromatic rings. The number of rotatable bonds is 6. The van der Waals surface area contributed by atoms with Crippen LogP contribution in [0.4, 0.5) is 5.13 Å². The maximum absolute atomic E-state index is 11.8. The zero-order valence-corrected chi connectivity index (χ0v) is 13.4. The first-order valence-electron chi connectivity index (χ1n) is 7.23. The van der Waals surface area contributed by atoms with E-state index < -0.39 is 12.1 Å². The van der Waals surface area contributed by atoms with Gasteiger partial charge in [-0.15, -0.1) is 11.3 Å². The van der Waals surface area contributed by atoms with Crippen LogP contribution in [0.2, 0.25) is 0 Å². The van der Waals surface area contributed by atoms with Crippen LogP contribution >= 0.6 is 11.3 Å². The van der Waals surface area contributed by atoms with Crippen LogP contribution in [-0.4, -0.2) is 42.0 Å². The van der Waals surface area contributed by atoms with Crippen molar-refractivity contribution in [3.8, 4) is 0 Å². The summed E-state index contributed by atoms with van der Waals surface area (Å²) in [7, 11) is 0. The van der Waals surface area contributed by atoms with Crippen molar-refractivity contribution in [1.82, 2.24) is 10.3 Å². The topological polar surface area (TPSA) is 88.6 Å². The summed E-state index contributed by atoms with van der Waals surface area (Å²) in [6, 6.07) is 0. The zero-order chi connectivity index (χ0) is 16.1. The molecule has 0 aromatic carbocycles. The first-order valence-corrected chi connectivity index (χ1v) is 8.11. The Morgan fingerprint density at radius 1 is 1.55 bits per heavy atom. The van der Waals surface area contributed by atoms with Gasteiger partial charge in [0.2, 0.25) is 5.91 Å². The molecule has 2 heterocycles. The lowest BCUT2D eigenvalue weighted by atomic mass is 10.3. The lowest BCUT2D eigenvalue weighted by Crippen LogP contribution is -2.35. The van der Waals surface area contributed by atoms with Gasteiger partial charge in [0, 0.05) is 24.9 Å². The van der Waals surface area contributed by atoms with Gasteiger partial charge in [0.05, 0.1) is 12.1 Å². The number of nitrogens with one attached hydrogen (secondary N) is 1. The van der Waals surface area contributed by atoms with Gasteiger partial charge in [0.25, 0.3) is 5.91 Å². The van der Waals surface area contributed by atoms with Crippen LogP contribution in [0.1, 0.15) is 32.4 Å². The van der Waals surface area contributed by atoms with Crippen LogP contribution in [0.25, 0.3) is 0 Å². The van der Waals surface area contributed by atoms with Crippen molar-refractivity contribution in [2.24, 2.45) is 0 Å². The summed E-state index contributed by atoms with van der Waals surface area (Å²) in [4.78, 5) is 40.9. The molecule has 0 radical (unpaired) electrons. The highest BCUT2D eigenvalue weighted by molar-refractivity contribution is 7.14. The van der Waals surface area contributed by atoms with Crippen LogP contribution in [0.5, 0.6) is 0 Å². The Labute approximate surface area is 132 Å². The molecule has 1 saturated heterocycles. The smallest absolute Gasteiger partial charge is 0.312 e. The minimum absolute atomic E-state index is 0.0116. The number of esters is 1. The maximum atomic E-state index is 11.8. The number of aromatic nitrogens is 1. The number of carbonyl (C=O) groups excluding carboxylic acids is 3. The fourth-order valence-corrected chi connectivity index (χ4v) is 2.98. The molecule has 1 aromatic heterocycles. The minimum Gasteiger partial charge on any atom is -0.452 e. The molecule has 1 N–H and O–H groups in total. The minimum atomic E-state index is -0.828. The van der Waals surface area contributed by atoms with Crippen molar-refractivity contribution in [2.75, 3.05) is 18.0 Å². The van der Waals surface area contributed by atoms with Gasteiger partial charge in [-0.2, -0.15) is 0 Å². The van der Waals surface area contributed by atoms with Gasteiger partial charge in [0.1, 0.15) is 0 Å². The summed E-state index contributed by atoms with van der Waals surface area (Å²) in [5, 5.41) is 4.93. The highest BCUT2D eigenvalue weighted by Crippen LogP contribution is 2.25. The Balaban J connectivity index is 1.88. The predicted molar refractivity (Wildman–Crippen MR) is 81.6 cm³/mol. The lowest BCUT2D eigenvalue weighted by Gasteiger charge is -2.12. The molecule has 1 fully saturated rings. The van der Waals surface area contributed by atoms with Crippen molar-refractivity contribution < 1.29 is 19.1 Å². The van der Waals surface area contributed by atoms with E-state index >= 15 is 0 Å². The molecule has 1 aliphatic heterocycles. The molecule has 7 nitrogen and oxygen atoms in total. The summed E-state index contributed by atoms with van der Waals surface area (Å²) in [5.74, 6) is -0.769. The summed E-state index contributed by atoms with van der Waals surface area (Å²) >= 11 is 1.33. The van der Waals surface area contributed by atoms with Gasteiger partial charge in [-0.1, -0.05) is 0 Å². The van der Waals surface area contributed by atoms with Gasteiger partial charge in [0.15, 0.2) is 11.2 Å². The summed E-state index contributed by atoms with van der Waals surface area (Å²) in [6.45, 7) is 4.48. The van der Waals surface area contributed by atoms with E-state index in [1.165, 1.54) is 18.3 Å². The van der Waals surface area contributed by atoms with E-state index in [1.807, 2.05) is 0 Å². The Morgan fingerprint density at radius 3 is 2.95 bits per heavy atom. The normalized spacial score (nSPS) is 15.7. The van der Waals surface area contributed by atoms with Crippen LogP contribution in [0.3, 0.4) is 0 Å². The molecule has 22 heavy (non-hydrogen) atoms. The molecule has 0 bridgehead atoms. The Kier molecular flexibility index (Phi) is 5.48. The molecule has 8 heteroatoms. The standard InChI is InChI=1S/C14H19N3O4S/c1-3-15-13(20)9(2)21-12(19)7-10-8-22-14(16-10)17-6-4-5-11(17)18/h8-9H,3-7H2,1-2H3,(H,15,20)/t9-/m0/s1. The Hall–Kier alpha value is -1.96. The van der Waals surface area contributed by atoms with Crippen LogP contribution < -0.4 is 10.2 Å². The van der Waals surface area contributed by atoms with Crippen molar-refractivity contribution in [3.05, 3.63) is 11.1 Å². The molecule has 0 spiro atoms. The molecule has 120 valence electrons. The predicted octanol–water partition coefficient (Wildman–Crippen LogP) is 0.880. The van der Waals surface area contributed by atoms with E-state index in [0.717, 1.165) is 6.42 Å². The molecule has 0 aliphatic carbocycles. The highest BCUT2D eigenvalue weighted by Gasteiger charge is 2.25. The second kappa shape index (κ2) is 7.35. The zero-order valence-electron chi connectivity index (χ0n) is 12.6. The summed E-state index contributed by atoms with van der Waals surface area (Å²) < 4.78 is 5.06. The van der Waals surface area contributed by atoms with E-state index in [0.29, 0.717) is 30.3 Å². The van der Waals surface area contributed by atoms with Crippen LogP contribution in [0.15, 0.2) is 5.38 Å². The van der Waals surface area contributed by atoms with Gasteiger partial charge in [-0.25, -0.2) is 4.98 Å².